The Kier molecular flexibility index (Phi) is 3.32. The second-order valence-corrected chi connectivity index (χ2v) is 4.09. The number of methoxy groups -OCH3 is 1. The fourth-order valence-corrected chi connectivity index (χ4v) is 1.68. The predicted octanol–water partition coefficient (Wildman–Crippen LogP) is 2.29. The molecule has 2 aromatic rings. The van der Waals surface area contributed by atoms with Gasteiger partial charge in [0.15, 0.2) is 0 Å². The van der Waals surface area contributed by atoms with Gasteiger partial charge in [-0.1, -0.05) is 6.07 Å². The van der Waals surface area contributed by atoms with Crippen LogP contribution in [0.25, 0.3) is 0 Å². The molecule has 94 valence electrons. The van der Waals surface area contributed by atoms with Crippen LogP contribution in [0.2, 0.25) is 0 Å². The lowest BCUT2D eigenvalue weighted by Gasteiger charge is -2.10. The van der Waals surface area contributed by atoms with Gasteiger partial charge in [0.25, 0.3) is 5.91 Å². The van der Waals surface area contributed by atoms with Crippen LogP contribution in [0.5, 0.6) is 5.75 Å². The summed E-state index contributed by atoms with van der Waals surface area (Å²) in [6.45, 7) is 3.78. The number of nitrogens with zero attached hydrogens (tertiary/aromatic N) is 1. The highest BCUT2D eigenvalue weighted by atomic mass is 16.5. The number of amides is 1. The minimum absolute atomic E-state index is 0.228. The van der Waals surface area contributed by atoms with E-state index in [9.17, 15) is 4.79 Å². The third-order valence-corrected chi connectivity index (χ3v) is 2.66. The third kappa shape index (κ3) is 2.34. The van der Waals surface area contributed by atoms with Crippen molar-refractivity contribution in [1.29, 1.82) is 0 Å². The van der Waals surface area contributed by atoms with Crippen LogP contribution in [-0.4, -0.2) is 23.2 Å². The number of nitrogens with one attached hydrogen (secondary N) is 2. The number of H-pyrrole nitrogens is 1. The third-order valence-electron chi connectivity index (χ3n) is 2.66. The van der Waals surface area contributed by atoms with Crippen LogP contribution >= 0.6 is 0 Å². The number of ether oxygens (including phenoxy) is 1. The predicted molar refractivity (Wildman–Crippen MR) is 69.0 cm³/mol. The van der Waals surface area contributed by atoms with Gasteiger partial charge in [-0.25, -0.2) is 0 Å². The Morgan fingerprint density at radius 1 is 1.39 bits per heavy atom. The van der Waals surface area contributed by atoms with Crippen LogP contribution in [0, 0.1) is 13.8 Å². The van der Waals surface area contributed by atoms with Gasteiger partial charge in [0, 0.05) is 0 Å². The van der Waals surface area contributed by atoms with Gasteiger partial charge >= 0.3 is 0 Å². The standard InChI is InChI=1S/C13H15N3O2/c1-8-4-5-11(18-3)10(6-8)15-13(17)12-9(2)7-14-16-12/h4-7H,1-3H3,(H,14,16)(H,15,17). The Morgan fingerprint density at radius 2 is 2.17 bits per heavy atom. The Morgan fingerprint density at radius 3 is 2.78 bits per heavy atom. The molecule has 1 heterocycles. The summed E-state index contributed by atoms with van der Waals surface area (Å²) in [5.74, 6) is 0.403. The van der Waals surface area contributed by atoms with Crippen LogP contribution in [0.15, 0.2) is 24.4 Å². The molecule has 0 saturated heterocycles. The summed E-state index contributed by atoms with van der Waals surface area (Å²) in [4.78, 5) is 12.0. The molecular weight excluding hydrogens is 230 g/mol. The van der Waals surface area contributed by atoms with Gasteiger partial charge in [-0.2, -0.15) is 5.10 Å². The van der Waals surface area contributed by atoms with Gasteiger partial charge in [-0.15, -0.1) is 0 Å². The number of carbonyl (C=O) groups excluding carboxylic acids is 1. The smallest absolute Gasteiger partial charge is 0.274 e. The summed E-state index contributed by atoms with van der Waals surface area (Å²) >= 11 is 0. The van der Waals surface area contributed by atoms with Gasteiger partial charge in [0.2, 0.25) is 0 Å². The minimum Gasteiger partial charge on any atom is -0.495 e. The molecule has 2 rings (SSSR count). The molecule has 18 heavy (non-hydrogen) atoms. The van der Waals surface area contributed by atoms with Crippen molar-refractivity contribution in [1.82, 2.24) is 10.2 Å². The van der Waals surface area contributed by atoms with E-state index in [-0.39, 0.29) is 5.91 Å². The number of hydrogen-bond acceptors (Lipinski definition) is 3. The summed E-state index contributed by atoms with van der Waals surface area (Å²) < 4.78 is 5.21. The number of anilines is 1. The summed E-state index contributed by atoms with van der Waals surface area (Å²) in [6.07, 6.45) is 1.61. The van der Waals surface area contributed by atoms with E-state index in [2.05, 4.69) is 15.5 Å². The quantitative estimate of drug-likeness (QED) is 0.871. The van der Waals surface area contributed by atoms with Crippen molar-refractivity contribution in [3.63, 3.8) is 0 Å². The monoisotopic (exact) mass is 245 g/mol. The summed E-state index contributed by atoms with van der Waals surface area (Å²) in [5, 5.41) is 9.31. The van der Waals surface area contributed by atoms with E-state index in [1.807, 2.05) is 32.0 Å². The van der Waals surface area contributed by atoms with Gasteiger partial charge in [-0.3, -0.25) is 9.89 Å². The zero-order chi connectivity index (χ0) is 13.1. The molecule has 1 amide bonds. The number of hydrogen-bond donors (Lipinski definition) is 2. The molecule has 0 unspecified atom stereocenters. The number of aryl methyl sites for hydroxylation is 2. The highest BCUT2D eigenvalue weighted by Crippen LogP contribution is 2.25. The molecule has 0 radical (unpaired) electrons. The van der Waals surface area contributed by atoms with E-state index >= 15 is 0 Å². The highest BCUT2D eigenvalue weighted by Gasteiger charge is 2.13. The lowest BCUT2D eigenvalue weighted by atomic mass is 10.2. The summed E-state index contributed by atoms with van der Waals surface area (Å²) in [5.41, 5.74) is 2.96. The van der Waals surface area contributed by atoms with Crippen molar-refractivity contribution in [3.05, 3.63) is 41.2 Å². The SMILES string of the molecule is COc1ccc(C)cc1NC(=O)c1[nH]ncc1C. The van der Waals surface area contributed by atoms with Gasteiger partial charge in [0.1, 0.15) is 11.4 Å². The fraction of sp³-hybridized carbons (Fsp3) is 0.231. The number of aromatic amines is 1. The van der Waals surface area contributed by atoms with Gasteiger partial charge < -0.3 is 10.1 Å². The van der Waals surface area contributed by atoms with Crippen LogP contribution < -0.4 is 10.1 Å². The normalized spacial score (nSPS) is 10.2. The number of benzene rings is 1. The molecule has 1 aromatic heterocycles. The molecule has 1 aromatic carbocycles. The summed E-state index contributed by atoms with van der Waals surface area (Å²) in [7, 11) is 1.57. The number of carbonyl (C=O) groups is 1. The first kappa shape index (κ1) is 12.2. The topological polar surface area (TPSA) is 67.0 Å². The highest BCUT2D eigenvalue weighted by molar-refractivity contribution is 6.04. The lowest BCUT2D eigenvalue weighted by molar-refractivity contribution is 0.102. The van der Waals surface area contributed by atoms with E-state index in [0.29, 0.717) is 17.1 Å². The molecule has 0 bridgehead atoms. The Bertz CT molecular complexity index is 575. The number of rotatable bonds is 3. The van der Waals surface area contributed by atoms with Crippen LogP contribution in [0.1, 0.15) is 21.6 Å². The van der Waals surface area contributed by atoms with Crippen molar-refractivity contribution in [3.8, 4) is 5.75 Å². The molecule has 0 aliphatic heterocycles. The molecule has 5 nitrogen and oxygen atoms in total. The molecular formula is C13H15N3O2. The van der Waals surface area contributed by atoms with Crippen LogP contribution in [0.4, 0.5) is 5.69 Å². The second-order valence-electron chi connectivity index (χ2n) is 4.09. The zero-order valence-corrected chi connectivity index (χ0v) is 10.6. The van der Waals surface area contributed by atoms with E-state index < -0.39 is 0 Å². The van der Waals surface area contributed by atoms with E-state index in [4.69, 9.17) is 4.74 Å². The average Bonchev–Trinajstić information content (AvgIpc) is 2.76. The van der Waals surface area contributed by atoms with Crippen LogP contribution in [-0.2, 0) is 0 Å². The first-order chi connectivity index (χ1) is 8.61. The van der Waals surface area contributed by atoms with Crippen molar-refractivity contribution in [2.45, 2.75) is 13.8 Å². The fourth-order valence-electron chi connectivity index (χ4n) is 1.68. The molecule has 0 aliphatic rings. The van der Waals surface area contributed by atoms with E-state index in [0.717, 1.165) is 11.1 Å². The van der Waals surface area contributed by atoms with Crippen molar-refractivity contribution in [2.24, 2.45) is 0 Å². The minimum atomic E-state index is -0.228. The second kappa shape index (κ2) is 4.91. The molecule has 0 spiro atoms. The molecule has 0 fully saturated rings. The maximum absolute atomic E-state index is 12.0. The molecule has 5 heteroatoms. The van der Waals surface area contributed by atoms with Gasteiger partial charge in [0.05, 0.1) is 19.0 Å². The molecule has 2 N–H and O–H groups in total. The largest absolute Gasteiger partial charge is 0.495 e. The van der Waals surface area contributed by atoms with Crippen molar-refractivity contribution >= 4 is 11.6 Å². The van der Waals surface area contributed by atoms with Crippen LogP contribution in [0.3, 0.4) is 0 Å². The first-order valence-electron chi connectivity index (χ1n) is 5.58. The van der Waals surface area contributed by atoms with E-state index in [1.54, 1.807) is 13.3 Å². The van der Waals surface area contributed by atoms with Gasteiger partial charge in [-0.05, 0) is 37.1 Å². The first-order valence-corrected chi connectivity index (χ1v) is 5.58. The summed E-state index contributed by atoms with van der Waals surface area (Å²) in [6, 6.07) is 5.61. The number of aromatic nitrogens is 2. The van der Waals surface area contributed by atoms with Crippen molar-refractivity contribution in [2.75, 3.05) is 12.4 Å². The maximum atomic E-state index is 12.0. The molecule has 0 atom stereocenters. The Hall–Kier alpha value is -2.30. The Labute approximate surface area is 105 Å². The molecule has 0 saturated carbocycles. The average molecular weight is 245 g/mol. The maximum Gasteiger partial charge on any atom is 0.274 e. The van der Waals surface area contributed by atoms with Crippen molar-refractivity contribution < 1.29 is 9.53 Å². The zero-order valence-electron chi connectivity index (χ0n) is 10.6. The van der Waals surface area contributed by atoms with E-state index in [1.165, 1.54) is 0 Å². The lowest BCUT2D eigenvalue weighted by Crippen LogP contribution is -2.14. The Balaban J connectivity index is 2.27. The molecule has 0 aliphatic carbocycles.